The van der Waals surface area contributed by atoms with Crippen molar-refractivity contribution in [3.63, 3.8) is 0 Å². The molecule has 1 unspecified atom stereocenters. The summed E-state index contributed by atoms with van der Waals surface area (Å²) in [5.41, 5.74) is 0. The lowest BCUT2D eigenvalue weighted by molar-refractivity contribution is -0.105. The summed E-state index contributed by atoms with van der Waals surface area (Å²) in [4.78, 5) is 16.6. The lowest BCUT2D eigenvalue weighted by atomic mass is 10.2. The van der Waals surface area contributed by atoms with Gasteiger partial charge in [-0.2, -0.15) is 0 Å². The molecule has 1 aliphatic heterocycles. The van der Waals surface area contributed by atoms with Crippen molar-refractivity contribution in [1.82, 2.24) is 0 Å². The molecule has 1 fully saturated rings. The van der Waals surface area contributed by atoms with Crippen LogP contribution in [0.4, 0.5) is 0 Å². The molecular weight excluding hydrogens is 191 g/mol. The average molecular weight is 200 g/mol. The zero-order chi connectivity index (χ0) is 9.35. The van der Waals surface area contributed by atoms with Gasteiger partial charge in [0.15, 0.2) is 6.29 Å². The van der Waals surface area contributed by atoms with Crippen molar-refractivity contribution in [2.24, 2.45) is 0 Å². The van der Waals surface area contributed by atoms with Gasteiger partial charge in [0.05, 0.1) is 6.61 Å². The minimum absolute atomic E-state index is 0.203. The van der Waals surface area contributed by atoms with Crippen molar-refractivity contribution in [2.75, 3.05) is 6.61 Å². The highest BCUT2D eigenvalue weighted by molar-refractivity contribution is 7.46. The first-order chi connectivity index (χ1) is 5.40. The smallest absolute Gasteiger partial charge is 0.388 e. The van der Waals surface area contributed by atoms with Gasteiger partial charge in [0, 0.05) is 0 Å². The molecule has 12 heavy (non-hydrogen) atoms. The first-order valence-electron chi connectivity index (χ1n) is 3.12. The van der Waals surface area contributed by atoms with Gasteiger partial charge in [-0.05, 0) is 0 Å². The summed E-state index contributed by atoms with van der Waals surface area (Å²) in [6.07, 6.45) is -4.04. The summed E-state index contributed by atoms with van der Waals surface area (Å²) >= 11 is 0. The largest absolute Gasteiger partial charge is 0.472 e. The number of aliphatic hydroxyl groups is 2. The second kappa shape index (κ2) is 3.39. The van der Waals surface area contributed by atoms with Crippen molar-refractivity contribution in [1.29, 1.82) is 0 Å². The SMILES string of the molecule is O=P(O)(O)OC1OC[C@H](O)[C@H]1O. The molecule has 8 heteroatoms. The molecule has 0 radical (unpaired) electrons. The van der Waals surface area contributed by atoms with E-state index in [-0.39, 0.29) is 6.61 Å². The third-order valence-corrected chi connectivity index (χ3v) is 1.83. The van der Waals surface area contributed by atoms with Gasteiger partial charge in [0.1, 0.15) is 12.2 Å². The second-order valence-electron chi connectivity index (χ2n) is 2.36. The highest BCUT2D eigenvalue weighted by Crippen LogP contribution is 2.39. The number of phosphoric ester groups is 1. The van der Waals surface area contributed by atoms with Crippen LogP contribution >= 0.6 is 7.82 Å². The lowest BCUT2D eigenvalue weighted by Gasteiger charge is -2.15. The van der Waals surface area contributed by atoms with Gasteiger partial charge in [-0.1, -0.05) is 0 Å². The van der Waals surface area contributed by atoms with Gasteiger partial charge < -0.3 is 24.7 Å². The molecule has 0 aromatic heterocycles. The number of hydrogen-bond acceptors (Lipinski definition) is 5. The Hall–Kier alpha value is -0.0100. The quantitative estimate of drug-likeness (QED) is 0.387. The van der Waals surface area contributed by atoms with Gasteiger partial charge in [-0.15, -0.1) is 0 Å². The molecule has 7 nitrogen and oxygen atoms in total. The lowest BCUT2D eigenvalue weighted by Crippen LogP contribution is -2.30. The third-order valence-electron chi connectivity index (χ3n) is 1.35. The molecule has 1 rings (SSSR count). The van der Waals surface area contributed by atoms with Crippen molar-refractivity contribution in [3.05, 3.63) is 0 Å². The maximum atomic E-state index is 10.2. The Bertz CT molecular complexity index is 200. The average Bonchev–Trinajstić information content (AvgIpc) is 2.16. The maximum Gasteiger partial charge on any atom is 0.472 e. The van der Waals surface area contributed by atoms with E-state index in [2.05, 4.69) is 9.26 Å². The molecule has 1 heterocycles. The Morgan fingerprint density at radius 1 is 1.42 bits per heavy atom. The molecule has 0 saturated carbocycles. The van der Waals surface area contributed by atoms with Crippen molar-refractivity contribution in [2.45, 2.75) is 18.5 Å². The topological polar surface area (TPSA) is 116 Å². The fourth-order valence-electron chi connectivity index (χ4n) is 0.800. The molecule has 0 aromatic carbocycles. The van der Waals surface area contributed by atoms with Crippen LogP contribution in [0, 0.1) is 0 Å². The van der Waals surface area contributed by atoms with Crippen LogP contribution in [-0.4, -0.2) is 45.1 Å². The molecule has 72 valence electrons. The Morgan fingerprint density at radius 3 is 2.33 bits per heavy atom. The molecule has 0 aliphatic carbocycles. The van der Waals surface area contributed by atoms with Crippen LogP contribution in [0.25, 0.3) is 0 Å². The molecule has 0 spiro atoms. The Labute approximate surface area is 67.8 Å². The standard InChI is InChI=1S/C4H9O7P/c5-2-1-10-4(3(2)6)11-12(7,8)9/h2-6H,1H2,(H2,7,8,9)/t2-,3+,4?/m0/s1. The second-order valence-corrected chi connectivity index (χ2v) is 3.55. The van der Waals surface area contributed by atoms with Crippen LogP contribution in [0.5, 0.6) is 0 Å². The van der Waals surface area contributed by atoms with E-state index in [0.717, 1.165) is 0 Å². The molecule has 1 aliphatic rings. The summed E-state index contributed by atoms with van der Waals surface area (Å²) in [7, 11) is -4.67. The Balaban J connectivity index is 2.50. The minimum Gasteiger partial charge on any atom is -0.388 e. The summed E-state index contributed by atoms with van der Waals surface area (Å²) in [5, 5.41) is 17.8. The predicted molar refractivity (Wildman–Crippen MR) is 34.9 cm³/mol. The van der Waals surface area contributed by atoms with E-state index >= 15 is 0 Å². The number of ether oxygens (including phenoxy) is 1. The van der Waals surface area contributed by atoms with Crippen LogP contribution in [0.1, 0.15) is 0 Å². The summed E-state index contributed by atoms with van der Waals surface area (Å²) in [6.45, 7) is -0.203. The molecule has 1 saturated heterocycles. The van der Waals surface area contributed by atoms with E-state index in [9.17, 15) is 4.57 Å². The molecule has 4 N–H and O–H groups in total. The first-order valence-corrected chi connectivity index (χ1v) is 4.65. The number of phosphoric acid groups is 1. The summed E-state index contributed by atoms with van der Waals surface area (Å²) in [5.74, 6) is 0. The first kappa shape index (κ1) is 10.1. The normalized spacial score (nSPS) is 37.2. The van der Waals surface area contributed by atoms with Crippen LogP contribution in [0.3, 0.4) is 0 Å². The van der Waals surface area contributed by atoms with E-state index in [1.54, 1.807) is 0 Å². The fraction of sp³-hybridized carbons (Fsp3) is 1.00. The van der Waals surface area contributed by atoms with Crippen LogP contribution in [-0.2, 0) is 13.8 Å². The van der Waals surface area contributed by atoms with Crippen molar-refractivity contribution >= 4 is 7.82 Å². The van der Waals surface area contributed by atoms with Crippen molar-refractivity contribution < 1.29 is 33.8 Å². The highest BCUT2D eigenvalue weighted by atomic mass is 31.2. The van der Waals surface area contributed by atoms with Gasteiger partial charge in [-0.25, -0.2) is 4.57 Å². The van der Waals surface area contributed by atoms with Gasteiger partial charge in [0.2, 0.25) is 0 Å². The number of aliphatic hydroxyl groups excluding tert-OH is 2. The third kappa shape index (κ3) is 2.49. The highest BCUT2D eigenvalue weighted by Gasteiger charge is 2.39. The van der Waals surface area contributed by atoms with E-state index < -0.39 is 26.3 Å². The fourth-order valence-corrected chi connectivity index (χ4v) is 1.26. The Morgan fingerprint density at radius 2 is 2.00 bits per heavy atom. The van der Waals surface area contributed by atoms with Crippen LogP contribution in [0.15, 0.2) is 0 Å². The molecular formula is C4H9O7P. The van der Waals surface area contributed by atoms with Gasteiger partial charge >= 0.3 is 7.82 Å². The van der Waals surface area contributed by atoms with Gasteiger partial charge in [0.25, 0.3) is 0 Å². The van der Waals surface area contributed by atoms with Crippen LogP contribution < -0.4 is 0 Å². The summed E-state index contributed by atoms with van der Waals surface area (Å²) in [6, 6.07) is 0. The Kier molecular flexibility index (Phi) is 2.84. The van der Waals surface area contributed by atoms with Crippen molar-refractivity contribution in [3.8, 4) is 0 Å². The maximum absolute atomic E-state index is 10.2. The predicted octanol–water partition coefficient (Wildman–Crippen LogP) is -1.83. The monoisotopic (exact) mass is 200 g/mol. The molecule has 3 atom stereocenters. The zero-order valence-corrected chi connectivity index (χ0v) is 6.79. The number of hydrogen-bond donors (Lipinski definition) is 4. The summed E-state index contributed by atoms with van der Waals surface area (Å²) < 4.78 is 18.8. The molecule has 0 aromatic rings. The van der Waals surface area contributed by atoms with E-state index in [4.69, 9.17) is 20.0 Å². The minimum atomic E-state index is -4.67. The number of rotatable bonds is 2. The van der Waals surface area contributed by atoms with E-state index in [0.29, 0.717) is 0 Å². The van der Waals surface area contributed by atoms with E-state index in [1.165, 1.54) is 0 Å². The van der Waals surface area contributed by atoms with E-state index in [1.807, 2.05) is 0 Å². The molecule has 0 amide bonds. The van der Waals surface area contributed by atoms with Gasteiger partial charge in [-0.3, -0.25) is 4.52 Å². The zero-order valence-electron chi connectivity index (χ0n) is 5.90. The van der Waals surface area contributed by atoms with Crippen LogP contribution in [0.2, 0.25) is 0 Å². The molecule has 0 bridgehead atoms.